The van der Waals surface area contributed by atoms with E-state index in [0.717, 1.165) is 16.5 Å². The molecule has 0 aromatic heterocycles. The highest BCUT2D eigenvalue weighted by molar-refractivity contribution is 9.08. The normalized spacial score (nSPS) is 12.0. The molecule has 2 aromatic carbocycles. The molecule has 0 saturated carbocycles. The molecule has 2 aromatic rings. The van der Waals surface area contributed by atoms with Gasteiger partial charge in [0.2, 0.25) is 0 Å². The number of carbonyl (C=O) groups is 1. The van der Waals surface area contributed by atoms with Crippen molar-refractivity contribution in [2.45, 2.75) is 18.3 Å². The molecule has 0 bridgehead atoms. The number of benzene rings is 2. The topological polar surface area (TPSA) is 40.5 Å². The second-order valence-corrected chi connectivity index (χ2v) is 5.54. The van der Waals surface area contributed by atoms with Crippen LogP contribution in [0.1, 0.15) is 34.5 Å². The summed E-state index contributed by atoms with van der Waals surface area (Å²) in [6, 6.07) is 14.4. The lowest BCUT2D eigenvalue weighted by molar-refractivity contribution is 0.0741. The number of phenolic OH excluding ortho intramolecular Hbond substituents is 1. The Bertz CT molecular complexity index is 625. The van der Waals surface area contributed by atoms with Crippen LogP contribution in [0, 0.1) is 0 Å². The van der Waals surface area contributed by atoms with E-state index in [1.807, 2.05) is 43.3 Å². The summed E-state index contributed by atoms with van der Waals surface area (Å²) in [5.74, 6) is 0.145. The third-order valence-corrected chi connectivity index (χ3v) is 4.29. The zero-order chi connectivity index (χ0) is 15.4. The van der Waals surface area contributed by atoms with Crippen LogP contribution in [0.25, 0.3) is 0 Å². The quantitative estimate of drug-likeness (QED) is 0.845. The Balaban J connectivity index is 2.20. The van der Waals surface area contributed by atoms with Crippen molar-refractivity contribution in [3.05, 3.63) is 65.2 Å². The molecule has 1 unspecified atom stereocenters. The Labute approximate surface area is 133 Å². The Morgan fingerprint density at radius 2 is 1.81 bits per heavy atom. The van der Waals surface area contributed by atoms with E-state index in [1.165, 1.54) is 0 Å². The van der Waals surface area contributed by atoms with Crippen LogP contribution >= 0.6 is 15.9 Å². The maximum atomic E-state index is 12.5. The molecule has 0 aliphatic rings. The van der Waals surface area contributed by atoms with E-state index in [1.54, 1.807) is 24.1 Å². The first-order valence-corrected chi connectivity index (χ1v) is 7.86. The summed E-state index contributed by atoms with van der Waals surface area (Å²) in [5, 5.41) is 10.7. The van der Waals surface area contributed by atoms with Crippen molar-refractivity contribution in [3.63, 3.8) is 0 Å². The number of para-hydroxylation sites is 1. The van der Waals surface area contributed by atoms with Crippen LogP contribution in [-0.2, 0) is 5.33 Å². The second kappa shape index (κ2) is 6.76. The molecule has 2 rings (SSSR count). The van der Waals surface area contributed by atoms with Gasteiger partial charge in [0.15, 0.2) is 0 Å². The third-order valence-electron chi connectivity index (χ3n) is 3.64. The number of nitrogens with zero attached hydrogens (tertiary/aromatic N) is 1. The summed E-state index contributed by atoms with van der Waals surface area (Å²) in [6.07, 6.45) is 0. The molecule has 0 fully saturated rings. The van der Waals surface area contributed by atoms with Crippen molar-refractivity contribution in [1.82, 2.24) is 4.90 Å². The number of hydrogen-bond acceptors (Lipinski definition) is 2. The molecule has 0 spiro atoms. The number of alkyl halides is 1. The van der Waals surface area contributed by atoms with E-state index in [2.05, 4.69) is 15.9 Å². The number of amides is 1. The lowest BCUT2D eigenvalue weighted by Crippen LogP contribution is -2.29. The van der Waals surface area contributed by atoms with Gasteiger partial charge in [0, 0.05) is 23.5 Å². The number of halogens is 1. The number of rotatable bonds is 4. The fourth-order valence-electron chi connectivity index (χ4n) is 2.17. The van der Waals surface area contributed by atoms with E-state index in [9.17, 15) is 9.90 Å². The van der Waals surface area contributed by atoms with Crippen LogP contribution in [-0.4, -0.2) is 23.0 Å². The molecule has 1 amide bonds. The molecule has 4 heteroatoms. The van der Waals surface area contributed by atoms with Gasteiger partial charge in [0.1, 0.15) is 5.75 Å². The zero-order valence-electron chi connectivity index (χ0n) is 12.1. The molecule has 1 atom stereocenters. The van der Waals surface area contributed by atoms with Crippen LogP contribution in [0.2, 0.25) is 0 Å². The van der Waals surface area contributed by atoms with E-state index >= 15 is 0 Å². The first kappa shape index (κ1) is 15.6. The van der Waals surface area contributed by atoms with Gasteiger partial charge in [-0.05, 0) is 30.7 Å². The smallest absolute Gasteiger partial charge is 0.254 e. The van der Waals surface area contributed by atoms with Gasteiger partial charge in [0.05, 0.1) is 6.04 Å². The van der Waals surface area contributed by atoms with Crippen molar-refractivity contribution in [2.24, 2.45) is 0 Å². The van der Waals surface area contributed by atoms with Gasteiger partial charge >= 0.3 is 0 Å². The SMILES string of the molecule is CC(c1ccccc1O)N(C)C(=O)c1ccc(CBr)cc1. The number of carbonyl (C=O) groups excluding carboxylic acids is 1. The van der Waals surface area contributed by atoms with Crippen LogP contribution in [0.15, 0.2) is 48.5 Å². The van der Waals surface area contributed by atoms with E-state index in [0.29, 0.717) is 5.56 Å². The molecule has 0 radical (unpaired) electrons. The Morgan fingerprint density at radius 1 is 1.19 bits per heavy atom. The molecule has 21 heavy (non-hydrogen) atoms. The van der Waals surface area contributed by atoms with Crippen LogP contribution in [0.3, 0.4) is 0 Å². The van der Waals surface area contributed by atoms with Crippen molar-refractivity contribution < 1.29 is 9.90 Å². The summed E-state index contributed by atoms with van der Waals surface area (Å²) < 4.78 is 0. The minimum absolute atomic E-state index is 0.0631. The van der Waals surface area contributed by atoms with Gasteiger partial charge in [-0.2, -0.15) is 0 Å². The minimum Gasteiger partial charge on any atom is -0.508 e. The molecule has 1 N–H and O–H groups in total. The van der Waals surface area contributed by atoms with Crippen molar-refractivity contribution >= 4 is 21.8 Å². The van der Waals surface area contributed by atoms with Crippen LogP contribution in [0.4, 0.5) is 0 Å². The van der Waals surface area contributed by atoms with E-state index in [-0.39, 0.29) is 17.7 Å². The standard InChI is InChI=1S/C17H18BrNO2/c1-12(15-5-3-4-6-16(15)20)19(2)17(21)14-9-7-13(11-18)8-10-14/h3-10,12,20H,11H2,1-2H3. The lowest BCUT2D eigenvalue weighted by atomic mass is 10.0. The van der Waals surface area contributed by atoms with E-state index in [4.69, 9.17) is 0 Å². The summed E-state index contributed by atoms with van der Waals surface area (Å²) in [7, 11) is 1.75. The zero-order valence-corrected chi connectivity index (χ0v) is 13.7. The summed E-state index contributed by atoms with van der Waals surface area (Å²) in [5.41, 5.74) is 2.51. The largest absolute Gasteiger partial charge is 0.508 e. The summed E-state index contributed by atoms with van der Waals surface area (Å²) >= 11 is 3.39. The first-order valence-electron chi connectivity index (χ1n) is 6.74. The maximum absolute atomic E-state index is 12.5. The van der Waals surface area contributed by atoms with E-state index < -0.39 is 0 Å². The maximum Gasteiger partial charge on any atom is 0.254 e. The van der Waals surface area contributed by atoms with Crippen molar-refractivity contribution in [2.75, 3.05) is 7.05 Å². The van der Waals surface area contributed by atoms with Crippen molar-refractivity contribution in [3.8, 4) is 5.75 Å². The first-order chi connectivity index (χ1) is 10.0. The van der Waals surface area contributed by atoms with Crippen LogP contribution < -0.4 is 0 Å². The Hall–Kier alpha value is -1.81. The fourth-order valence-corrected chi connectivity index (χ4v) is 2.54. The highest BCUT2D eigenvalue weighted by atomic mass is 79.9. The minimum atomic E-state index is -0.199. The average molecular weight is 348 g/mol. The van der Waals surface area contributed by atoms with Gasteiger partial charge < -0.3 is 10.0 Å². The molecule has 0 heterocycles. The van der Waals surface area contributed by atoms with Gasteiger partial charge in [-0.1, -0.05) is 46.3 Å². The average Bonchev–Trinajstić information content (AvgIpc) is 2.53. The predicted molar refractivity (Wildman–Crippen MR) is 87.7 cm³/mol. The molecular formula is C17H18BrNO2. The molecule has 110 valence electrons. The third kappa shape index (κ3) is 3.45. The second-order valence-electron chi connectivity index (χ2n) is 4.98. The fraction of sp³-hybridized carbons (Fsp3) is 0.235. The molecule has 0 aliphatic carbocycles. The lowest BCUT2D eigenvalue weighted by Gasteiger charge is -2.26. The number of phenols is 1. The number of hydrogen-bond donors (Lipinski definition) is 1. The highest BCUT2D eigenvalue weighted by Crippen LogP contribution is 2.28. The molecular weight excluding hydrogens is 330 g/mol. The molecule has 0 saturated heterocycles. The van der Waals surface area contributed by atoms with Crippen molar-refractivity contribution in [1.29, 1.82) is 0 Å². The van der Waals surface area contributed by atoms with Gasteiger partial charge in [-0.25, -0.2) is 0 Å². The number of aromatic hydroxyl groups is 1. The highest BCUT2D eigenvalue weighted by Gasteiger charge is 2.20. The molecule has 3 nitrogen and oxygen atoms in total. The monoisotopic (exact) mass is 347 g/mol. The summed E-state index contributed by atoms with van der Waals surface area (Å²) in [6.45, 7) is 1.90. The predicted octanol–water partition coefficient (Wildman–Crippen LogP) is 4.12. The van der Waals surface area contributed by atoms with Gasteiger partial charge in [-0.15, -0.1) is 0 Å². The summed E-state index contributed by atoms with van der Waals surface area (Å²) in [4.78, 5) is 14.1. The Morgan fingerprint density at radius 3 is 2.38 bits per heavy atom. The Kier molecular flexibility index (Phi) is 5.02. The molecule has 0 aliphatic heterocycles. The van der Waals surface area contributed by atoms with Gasteiger partial charge in [-0.3, -0.25) is 4.79 Å². The van der Waals surface area contributed by atoms with Crippen LogP contribution in [0.5, 0.6) is 5.75 Å². The van der Waals surface area contributed by atoms with Gasteiger partial charge in [0.25, 0.3) is 5.91 Å².